The Morgan fingerprint density at radius 2 is 1.85 bits per heavy atom. The fourth-order valence-electron chi connectivity index (χ4n) is 2.59. The van der Waals surface area contributed by atoms with Gasteiger partial charge in [-0.3, -0.25) is 0 Å². The summed E-state index contributed by atoms with van der Waals surface area (Å²) in [6, 6.07) is 15.5. The Morgan fingerprint density at radius 3 is 2.62 bits per heavy atom. The van der Waals surface area contributed by atoms with Crippen molar-refractivity contribution in [3.63, 3.8) is 0 Å². The lowest BCUT2D eigenvalue weighted by molar-refractivity contribution is 0.0844. The van der Waals surface area contributed by atoms with Gasteiger partial charge in [-0.05, 0) is 34.9 Å². The molecular weight excluding hydrogens is 396 g/mol. The molecule has 2 aromatic carbocycles. The Hall–Kier alpha value is -2.25. The molecule has 1 aromatic heterocycles. The molecule has 0 radical (unpaired) electrons. The zero-order valence-corrected chi connectivity index (χ0v) is 16.3. The van der Waals surface area contributed by atoms with E-state index in [2.05, 4.69) is 45.2 Å². The lowest BCUT2D eigenvalue weighted by Crippen LogP contribution is -2.25. The van der Waals surface area contributed by atoms with Gasteiger partial charge in [0.05, 0.1) is 6.54 Å². The second kappa shape index (κ2) is 8.42. The fraction of sp³-hybridized carbons (Fsp3) is 0.316. The van der Waals surface area contributed by atoms with Crippen LogP contribution >= 0.6 is 15.9 Å². The van der Waals surface area contributed by atoms with Crippen molar-refractivity contribution >= 4 is 15.9 Å². The second-order valence-corrected chi connectivity index (χ2v) is 7.16. The topological polar surface area (TPSA) is 73.1 Å². The summed E-state index contributed by atoms with van der Waals surface area (Å²) >= 11 is 3.48. The van der Waals surface area contributed by atoms with Crippen molar-refractivity contribution in [1.29, 1.82) is 0 Å². The molecule has 136 valence electrons. The Balaban J connectivity index is 1.61. The summed E-state index contributed by atoms with van der Waals surface area (Å²) in [7, 11) is 0. The van der Waals surface area contributed by atoms with E-state index in [0.29, 0.717) is 11.7 Å². The Kier molecular flexibility index (Phi) is 6.00. The number of para-hydroxylation sites is 1. The van der Waals surface area contributed by atoms with Crippen molar-refractivity contribution in [3.8, 4) is 17.1 Å². The van der Waals surface area contributed by atoms with E-state index in [1.54, 1.807) is 0 Å². The van der Waals surface area contributed by atoms with E-state index in [-0.39, 0.29) is 13.2 Å². The maximum atomic E-state index is 10.3. The molecule has 0 aliphatic carbocycles. The predicted octanol–water partition coefficient (Wildman–Crippen LogP) is 3.67. The second-order valence-electron chi connectivity index (χ2n) is 6.31. The van der Waals surface area contributed by atoms with Crippen LogP contribution in [0.2, 0.25) is 0 Å². The highest BCUT2D eigenvalue weighted by atomic mass is 79.9. The number of aliphatic hydroxyl groups excluding tert-OH is 1. The van der Waals surface area contributed by atoms with Crippen LogP contribution in [-0.4, -0.2) is 38.0 Å². The minimum atomic E-state index is -0.739. The first kappa shape index (κ1) is 18.5. The number of benzene rings is 2. The first-order valence-corrected chi connectivity index (χ1v) is 9.26. The summed E-state index contributed by atoms with van der Waals surface area (Å²) in [6.45, 7) is 4.60. The number of hydrogen-bond donors (Lipinski definition) is 1. The molecule has 0 aliphatic rings. The van der Waals surface area contributed by atoms with Crippen molar-refractivity contribution in [2.24, 2.45) is 0 Å². The molecule has 0 saturated heterocycles. The van der Waals surface area contributed by atoms with Gasteiger partial charge in [0.25, 0.3) is 0 Å². The van der Waals surface area contributed by atoms with Crippen molar-refractivity contribution in [3.05, 3.63) is 58.6 Å². The van der Waals surface area contributed by atoms with Gasteiger partial charge in [-0.2, -0.15) is 4.80 Å². The predicted molar refractivity (Wildman–Crippen MR) is 103 cm³/mol. The molecule has 6 nitrogen and oxygen atoms in total. The third-order valence-electron chi connectivity index (χ3n) is 3.91. The van der Waals surface area contributed by atoms with Crippen LogP contribution in [0.25, 0.3) is 11.4 Å². The van der Waals surface area contributed by atoms with Crippen LogP contribution in [-0.2, 0) is 6.54 Å². The maximum absolute atomic E-state index is 10.3. The summed E-state index contributed by atoms with van der Waals surface area (Å²) in [6.07, 6.45) is -0.739. The van der Waals surface area contributed by atoms with Crippen molar-refractivity contribution in [2.75, 3.05) is 6.61 Å². The molecule has 7 heteroatoms. The van der Waals surface area contributed by atoms with Gasteiger partial charge < -0.3 is 9.84 Å². The Morgan fingerprint density at radius 1 is 1.12 bits per heavy atom. The van der Waals surface area contributed by atoms with Crippen molar-refractivity contribution in [2.45, 2.75) is 32.4 Å². The molecule has 1 heterocycles. The molecule has 0 spiro atoms. The van der Waals surface area contributed by atoms with Gasteiger partial charge in [-0.15, -0.1) is 10.2 Å². The van der Waals surface area contributed by atoms with Crippen LogP contribution < -0.4 is 4.74 Å². The standard InChI is InChI=1S/C19H21BrN4O2/c1-13(2)15-7-4-6-10-18(15)26-12-14(25)11-24-22-19(21-23-24)16-8-3-5-9-17(16)20/h3-10,13-14,25H,11-12H2,1-2H3/t14-/m0/s1. The first-order chi connectivity index (χ1) is 12.5. The van der Waals surface area contributed by atoms with E-state index in [1.807, 2.05) is 48.5 Å². The molecule has 0 amide bonds. The van der Waals surface area contributed by atoms with Crippen LogP contribution in [0.15, 0.2) is 53.0 Å². The van der Waals surface area contributed by atoms with Gasteiger partial charge in [0.2, 0.25) is 5.82 Å². The molecule has 3 rings (SSSR count). The van der Waals surface area contributed by atoms with Gasteiger partial charge in [0.1, 0.15) is 18.5 Å². The van der Waals surface area contributed by atoms with Crippen LogP contribution in [0.1, 0.15) is 25.3 Å². The molecular formula is C19H21BrN4O2. The van der Waals surface area contributed by atoms with E-state index in [0.717, 1.165) is 21.3 Å². The smallest absolute Gasteiger partial charge is 0.206 e. The minimum Gasteiger partial charge on any atom is -0.491 e. The van der Waals surface area contributed by atoms with Crippen molar-refractivity contribution in [1.82, 2.24) is 20.2 Å². The van der Waals surface area contributed by atoms with Gasteiger partial charge in [0.15, 0.2) is 0 Å². The number of ether oxygens (including phenoxy) is 1. The lowest BCUT2D eigenvalue weighted by atomic mass is 10.0. The zero-order chi connectivity index (χ0) is 18.5. The molecule has 26 heavy (non-hydrogen) atoms. The monoisotopic (exact) mass is 416 g/mol. The largest absolute Gasteiger partial charge is 0.491 e. The van der Waals surface area contributed by atoms with E-state index < -0.39 is 6.10 Å². The van der Waals surface area contributed by atoms with E-state index in [4.69, 9.17) is 4.74 Å². The van der Waals surface area contributed by atoms with E-state index in [9.17, 15) is 5.11 Å². The molecule has 1 N–H and O–H groups in total. The fourth-order valence-corrected chi connectivity index (χ4v) is 3.05. The molecule has 3 aromatic rings. The number of aliphatic hydroxyl groups is 1. The SMILES string of the molecule is CC(C)c1ccccc1OC[C@@H](O)Cn1nnc(-c2ccccc2Br)n1. The van der Waals surface area contributed by atoms with Crippen LogP contribution in [0.3, 0.4) is 0 Å². The van der Waals surface area contributed by atoms with E-state index in [1.165, 1.54) is 4.80 Å². The summed E-state index contributed by atoms with van der Waals surface area (Å²) in [5.74, 6) is 1.66. The number of tetrazole rings is 1. The lowest BCUT2D eigenvalue weighted by Gasteiger charge is -2.16. The molecule has 1 atom stereocenters. The molecule has 0 bridgehead atoms. The summed E-state index contributed by atoms with van der Waals surface area (Å²) in [4.78, 5) is 1.39. The highest BCUT2D eigenvalue weighted by Gasteiger charge is 2.14. The third-order valence-corrected chi connectivity index (χ3v) is 4.61. The molecule has 0 aliphatic heterocycles. The maximum Gasteiger partial charge on any atom is 0.206 e. The van der Waals surface area contributed by atoms with Crippen LogP contribution in [0, 0.1) is 0 Å². The summed E-state index contributed by atoms with van der Waals surface area (Å²) in [5.41, 5.74) is 1.98. The highest BCUT2D eigenvalue weighted by Crippen LogP contribution is 2.26. The quantitative estimate of drug-likeness (QED) is 0.635. The number of nitrogens with zero attached hydrogens (tertiary/aromatic N) is 4. The highest BCUT2D eigenvalue weighted by molar-refractivity contribution is 9.10. The molecule has 0 unspecified atom stereocenters. The Labute approximate surface area is 160 Å². The van der Waals surface area contributed by atoms with Gasteiger partial charge in [-0.1, -0.05) is 60.1 Å². The number of halogens is 1. The third kappa shape index (κ3) is 4.47. The Bertz CT molecular complexity index is 866. The van der Waals surface area contributed by atoms with E-state index >= 15 is 0 Å². The summed E-state index contributed by atoms with van der Waals surface area (Å²) in [5, 5.41) is 22.7. The molecule has 0 fully saturated rings. The average Bonchev–Trinajstić information content (AvgIpc) is 3.08. The first-order valence-electron chi connectivity index (χ1n) is 8.47. The summed E-state index contributed by atoms with van der Waals surface area (Å²) < 4.78 is 6.69. The van der Waals surface area contributed by atoms with Gasteiger partial charge in [-0.25, -0.2) is 0 Å². The number of hydrogen-bond acceptors (Lipinski definition) is 5. The number of aromatic nitrogens is 4. The number of rotatable bonds is 7. The van der Waals surface area contributed by atoms with Gasteiger partial charge >= 0.3 is 0 Å². The van der Waals surface area contributed by atoms with Crippen molar-refractivity contribution < 1.29 is 9.84 Å². The van der Waals surface area contributed by atoms with Gasteiger partial charge in [0, 0.05) is 10.0 Å². The minimum absolute atomic E-state index is 0.162. The zero-order valence-electron chi connectivity index (χ0n) is 14.7. The van der Waals surface area contributed by atoms with Crippen LogP contribution in [0.4, 0.5) is 0 Å². The average molecular weight is 417 g/mol. The van der Waals surface area contributed by atoms with Crippen LogP contribution in [0.5, 0.6) is 5.75 Å². The normalized spacial score (nSPS) is 12.3. The molecule has 0 saturated carbocycles.